The van der Waals surface area contributed by atoms with E-state index in [1.54, 1.807) is 0 Å². The first-order valence-electron chi connectivity index (χ1n) is 6.95. The van der Waals surface area contributed by atoms with Gasteiger partial charge >= 0.3 is 8.03 Å². The number of rotatable bonds is 5. The van der Waals surface area contributed by atoms with Crippen molar-refractivity contribution < 1.29 is 9.46 Å². The zero-order chi connectivity index (χ0) is 13.0. The minimum atomic E-state index is -2.23. The molecule has 0 aliphatic heterocycles. The first-order chi connectivity index (χ1) is 8.69. The fourth-order valence-corrected chi connectivity index (χ4v) is 4.04. The number of hydrogen-bond donors (Lipinski definition) is 1. The van der Waals surface area contributed by atoms with Gasteiger partial charge in [-0.25, -0.2) is 0 Å². The first-order valence-corrected chi connectivity index (χ1v) is 8.16. The van der Waals surface area contributed by atoms with Crippen LogP contribution in [0.1, 0.15) is 57.4 Å². The normalized spacial score (nSPS) is 18.9. The minimum absolute atomic E-state index is 0.167. The van der Waals surface area contributed by atoms with Gasteiger partial charge in [0.25, 0.3) is 0 Å². The van der Waals surface area contributed by atoms with Crippen LogP contribution >= 0.6 is 8.03 Å². The van der Waals surface area contributed by atoms with E-state index in [9.17, 15) is 9.46 Å². The summed E-state index contributed by atoms with van der Waals surface area (Å²) in [4.78, 5) is 9.51. The maximum Gasteiger partial charge on any atom is 0.546 e. The molecule has 3 heteroatoms. The molecular formula is C15H22O2P+. The van der Waals surface area contributed by atoms with Crippen molar-refractivity contribution >= 4 is 13.3 Å². The Morgan fingerprint density at radius 2 is 1.94 bits per heavy atom. The quantitative estimate of drug-likeness (QED) is 0.815. The summed E-state index contributed by atoms with van der Waals surface area (Å²) in [5.41, 5.74) is 1.31. The smallest absolute Gasteiger partial charge is 0.156 e. The second-order valence-corrected chi connectivity index (χ2v) is 6.41. The summed E-state index contributed by atoms with van der Waals surface area (Å²) in [5, 5.41) is 0.658. The van der Waals surface area contributed by atoms with Crippen LogP contribution in [0.4, 0.5) is 0 Å². The summed E-state index contributed by atoms with van der Waals surface area (Å²) >= 11 is 0. The lowest BCUT2D eigenvalue weighted by molar-refractivity contribution is 0.392. The highest BCUT2D eigenvalue weighted by Crippen LogP contribution is 2.45. The summed E-state index contributed by atoms with van der Waals surface area (Å²) < 4.78 is 11.5. The van der Waals surface area contributed by atoms with Crippen molar-refractivity contribution in [2.45, 2.75) is 57.3 Å². The van der Waals surface area contributed by atoms with Gasteiger partial charge in [0.2, 0.25) is 5.30 Å². The standard InChI is InChI=1S/C15H21O2P/c1-2-3-10-15(11-6-7-12-15)13-8-4-5-9-14(13)18(16)17/h4-5,8-9H,2-3,6-7,10-12H2,1H3/p+1. The largest absolute Gasteiger partial charge is 0.546 e. The highest BCUT2D eigenvalue weighted by atomic mass is 31.1. The lowest BCUT2D eigenvalue weighted by Crippen LogP contribution is -2.27. The van der Waals surface area contributed by atoms with Crippen LogP contribution in [-0.2, 0) is 9.98 Å². The van der Waals surface area contributed by atoms with Gasteiger partial charge in [-0.05, 0) is 35.3 Å². The molecular weight excluding hydrogens is 243 g/mol. The van der Waals surface area contributed by atoms with Crippen molar-refractivity contribution in [3.8, 4) is 0 Å². The number of hydrogen-bond acceptors (Lipinski definition) is 1. The molecule has 0 saturated heterocycles. The molecule has 2 nitrogen and oxygen atoms in total. The summed E-state index contributed by atoms with van der Waals surface area (Å²) in [5.74, 6) is 0. The maximum absolute atomic E-state index is 11.5. The van der Waals surface area contributed by atoms with Crippen LogP contribution in [-0.4, -0.2) is 4.89 Å². The molecule has 0 amide bonds. The Morgan fingerprint density at radius 1 is 1.28 bits per heavy atom. The Labute approximate surface area is 110 Å². The summed E-state index contributed by atoms with van der Waals surface area (Å²) in [6.45, 7) is 2.21. The molecule has 1 aliphatic rings. The molecule has 1 N–H and O–H groups in total. The molecule has 0 spiro atoms. The Kier molecular flexibility index (Phi) is 4.53. The van der Waals surface area contributed by atoms with E-state index < -0.39 is 8.03 Å². The molecule has 1 saturated carbocycles. The Bertz CT molecular complexity index is 422. The van der Waals surface area contributed by atoms with Gasteiger partial charge in [-0.2, -0.15) is 4.89 Å². The van der Waals surface area contributed by atoms with Crippen LogP contribution < -0.4 is 5.30 Å². The van der Waals surface area contributed by atoms with Crippen molar-refractivity contribution in [1.82, 2.24) is 0 Å². The fraction of sp³-hybridized carbons (Fsp3) is 0.600. The zero-order valence-corrected chi connectivity index (χ0v) is 12.0. The fourth-order valence-electron chi connectivity index (χ4n) is 3.31. The highest BCUT2D eigenvalue weighted by molar-refractivity contribution is 7.47. The number of unbranched alkanes of at least 4 members (excludes halogenated alkanes) is 1. The van der Waals surface area contributed by atoms with E-state index in [1.807, 2.05) is 18.2 Å². The second kappa shape index (κ2) is 5.95. The third kappa shape index (κ3) is 2.65. The van der Waals surface area contributed by atoms with Gasteiger partial charge in [-0.15, -0.1) is 0 Å². The Balaban J connectivity index is 2.39. The highest BCUT2D eigenvalue weighted by Gasteiger charge is 2.40. The molecule has 0 bridgehead atoms. The molecule has 98 valence electrons. The van der Waals surface area contributed by atoms with E-state index in [-0.39, 0.29) is 5.41 Å². The van der Waals surface area contributed by atoms with Crippen LogP contribution in [0.2, 0.25) is 0 Å². The van der Waals surface area contributed by atoms with Crippen LogP contribution in [0.5, 0.6) is 0 Å². The lowest BCUT2D eigenvalue weighted by atomic mass is 9.75. The third-order valence-corrected chi connectivity index (χ3v) is 5.05. The predicted octanol–water partition coefficient (Wildman–Crippen LogP) is 4.05. The summed E-state index contributed by atoms with van der Waals surface area (Å²) in [6, 6.07) is 7.76. The van der Waals surface area contributed by atoms with E-state index in [0.717, 1.165) is 12.0 Å². The van der Waals surface area contributed by atoms with Crippen molar-refractivity contribution in [1.29, 1.82) is 0 Å². The monoisotopic (exact) mass is 265 g/mol. The van der Waals surface area contributed by atoms with Crippen LogP contribution in [0.15, 0.2) is 24.3 Å². The molecule has 1 fully saturated rings. The average Bonchev–Trinajstić information content (AvgIpc) is 2.86. The third-order valence-electron chi connectivity index (χ3n) is 4.25. The van der Waals surface area contributed by atoms with Gasteiger partial charge < -0.3 is 0 Å². The maximum atomic E-state index is 11.5. The van der Waals surface area contributed by atoms with Crippen molar-refractivity contribution in [3.63, 3.8) is 0 Å². The van der Waals surface area contributed by atoms with Crippen LogP contribution in [0, 0.1) is 0 Å². The number of benzene rings is 1. The molecule has 0 aromatic heterocycles. The van der Waals surface area contributed by atoms with Crippen molar-refractivity contribution in [2.24, 2.45) is 0 Å². The zero-order valence-electron chi connectivity index (χ0n) is 11.1. The topological polar surface area (TPSA) is 37.3 Å². The SMILES string of the molecule is CCCCC1(c2ccccc2[P+](=O)O)CCCC1. The molecule has 2 rings (SSSR count). The second-order valence-electron chi connectivity index (χ2n) is 5.38. The first kappa shape index (κ1) is 13.7. The van der Waals surface area contributed by atoms with Crippen molar-refractivity contribution in [3.05, 3.63) is 29.8 Å². The van der Waals surface area contributed by atoms with Gasteiger partial charge in [0, 0.05) is 5.56 Å². The molecule has 1 aromatic rings. The Hall–Kier alpha value is -0.720. The van der Waals surface area contributed by atoms with Gasteiger partial charge in [0.15, 0.2) is 0 Å². The van der Waals surface area contributed by atoms with Crippen LogP contribution in [0.3, 0.4) is 0 Å². The molecule has 1 unspecified atom stereocenters. The van der Waals surface area contributed by atoms with Gasteiger partial charge in [-0.3, -0.25) is 0 Å². The van der Waals surface area contributed by atoms with E-state index in [1.165, 1.54) is 38.5 Å². The molecule has 0 heterocycles. The van der Waals surface area contributed by atoms with E-state index >= 15 is 0 Å². The minimum Gasteiger partial charge on any atom is -0.156 e. The Morgan fingerprint density at radius 3 is 2.56 bits per heavy atom. The molecule has 1 aromatic carbocycles. The van der Waals surface area contributed by atoms with Crippen LogP contribution in [0.25, 0.3) is 0 Å². The molecule has 1 atom stereocenters. The summed E-state index contributed by atoms with van der Waals surface area (Å²) in [6.07, 6.45) is 8.40. The van der Waals surface area contributed by atoms with E-state index in [2.05, 4.69) is 13.0 Å². The van der Waals surface area contributed by atoms with E-state index in [4.69, 9.17) is 0 Å². The van der Waals surface area contributed by atoms with E-state index in [0.29, 0.717) is 5.30 Å². The van der Waals surface area contributed by atoms with Gasteiger partial charge in [0.1, 0.15) is 0 Å². The average molecular weight is 265 g/mol. The molecule has 18 heavy (non-hydrogen) atoms. The van der Waals surface area contributed by atoms with Gasteiger partial charge in [-0.1, -0.05) is 50.8 Å². The van der Waals surface area contributed by atoms with Gasteiger partial charge in [0.05, 0.1) is 0 Å². The molecule has 1 aliphatic carbocycles. The predicted molar refractivity (Wildman–Crippen MR) is 75.6 cm³/mol. The molecule has 0 radical (unpaired) electrons. The van der Waals surface area contributed by atoms with Crippen molar-refractivity contribution in [2.75, 3.05) is 0 Å². The lowest BCUT2D eigenvalue weighted by Gasteiger charge is -2.29. The summed E-state index contributed by atoms with van der Waals surface area (Å²) in [7, 11) is -2.23.